The van der Waals surface area contributed by atoms with Crippen molar-refractivity contribution in [2.45, 2.75) is 72.3 Å². The van der Waals surface area contributed by atoms with Crippen LogP contribution in [0.15, 0.2) is 24.3 Å². The van der Waals surface area contributed by atoms with Crippen molar-refractivity contribution in [1.82, 2.24) is 5.32 Å². The molecular formula is C19H33N. The van der Waals surface area contributed by atoms with Crippen molar-refractivity contribution >= 4 is 0 Å². The number of hydrogen-bond acceptors (Lipinski definition) is 1. The van der Waals surface area contributed by atoms with Crippen LogP contribution in [0, 0.1) is 5.92 Å². The van der Waals surface area contributed by atoms with E-state index in [2.05, 4.69) is 64.2 Å². The maximum absolute atomic E-state index is 3.71. The predicted molar refractivity (Wildman–Crippen MR) is 90.3 cm³/mol. The average Bonchev–Trinajstić information content (AvgIpc) is 2.47. The van der Waals surface area contributed by atoms with Crippen LogP contribution in [0.4, 0.5) is 0 Å². The van der Waals surface area contributed by atoms with Crippen molar-refractivity contribution < 1.29 is 0 Å². The van der Waals surface area contributed by atoms with E-state index in [1.54, 1.807) is 0 Å². The number of unbranched alkanes of at least 4 members (excludes halogenated alkanes) is 1. The first kappa shape index (κ1) is 17.2. The van der Waals surface area contributed by atoms with E-state index in [1.807, 2.05) is 0 Å². The van der Waals surface area contributed by atoms with E-state index in [4.69, 9.17) is 0 Å². The summed E-state index contributed by atoms with van der Waals surface area (Å²) in [5, 5.41) is 3.71. The third-order valence-electron chi connectivity index (χ3n) is 4.31. The summed E-state index contributed by atoms with van der Waals surface area (Å²) >= 11 is 0. The Morgan fingerprint density at radius 3 is 2.00 bits per heavy atom. The van der Waals surface area contributed by atoms with Gasteiger partial charge in [-0.2, -0.15) is 0 Å². The Balaban J connectivity index is 2.87. The molecule has 0 saturated carbocycles. The summed E-state index contributed by atoms with van der Waals surface area (Å²) in [6, 6.07) is 9.78. The second kappa shape index (κ2) is 9.18. The van der Waals surface area contributed by atoms with Gasteiger partial charge in [0.2, 0.25) is 0 Å². The van der Waals surface area contributed by atoms with Gasteiger partial charge in [-0.15, -0.1) is 0 Å². The van der Waals surface area contributed by atoms with Crippen LogP contribution in [0.3, 0.4) is 0 Å². The summed E-state index contributed by atoms with van der Waals surface area (Å²) in [5.74, 6) is 1.36. The average molecular weight is 275 g/mol. The standard InChI is InChI=1S/C19H33N/c1-6-9-10-16(7-2)19(20-8-3)18-13-11-17(12-14-18)15(4)5/h11-16,19-20H,6-10H2,1-5H3. The zero-order chi connectivity index (χ0) is 15.0. The number of benzene rings is 1. The molecule has 0 saturated heterocycles. The van der Waals surface area contributed by atoms with E-state index >= 15 is 0 Å². The molecule has 0 aromatic heterocycles. The molecule has 0 amide bonds. The van der Waals surface area contributed by atoms with Crippen LogP contribution in [-0.4, -0.2) is 6.54 Å². The molecule has 0 fully saturated rings. The van der Waals surface area contributed by atoms with Crippen molar-refractivity contribution in [2.24, 2.45) is 5.92 Å². The van der Waals surface area contributed by atoms with Gasteiger partial charge in [-0.05, 0) is 35.9 Å². The molecule has 20 heavy (non-hydrogen) atoms. The predicted octanol–water partition coefficient (Wildman–Crippen LogP) is 5.68. The smallest absolute Gasteiger partial charge is 0.0348 e. The Labute approximate surface area is 126 Å². The van der Waals surface area contributed by atoms with E-state index in [1.165, 1.54) is 36.8 Å². The zero-order valence-electron chi connectivity index (χ0n) is 14.1. The van der Waals surface area contributed by atoms with Gasteiger partial charge in [0.15, 0.2) is 0 Å². The minimum atomic E-state index is 0.512. The molecule has 1 aromatic carbocycles. The maximum Gasteiger partial charge on any atom is 0.0348 e. The van der Waals surface area contributed by atoms with Crippen LogP contribution in [-0.2, 0) is 0 Å². The minimum Gasteiger partial charge on any atom is -0.310 e. The minimum absolute atomic E-state index is 0.512. The maximum atomic E-state index is 3.71. The Bertz CT molecular complexity index is 353. The third kappa shape index (κ3) is 4.94. The summed E-state index contributed by atoms with van der Waals surface area (Å²) in [5.41, 5.74) is 2.89. The number of nitrogens with one attached hydrogen (secondary N) is 1. The van der Waals surface area contributed by atoms with Crippen LogP contribution in [0.25, 0.3) is 0 Å². The van der Waals surface area contributed by atoms with Gasteiger partial charge >= 0.3 is 0 Å². The molecule has 1 aromatic rings. The van der Waals surface area contributed by atoms with Crippen molar-refractivity contribution in [2.75, 3.05) is 6.54 Å². The lowest BCUT2D eigenvalue weighted by Gasteiger charge is -2.28. The molecule has 1 N–H and O–H groups in total. The topological polar surface area (TPSA) is 12.0 Å². The second-order valence-electron chi connectivity index (χ2n) is 6.17. The summed E-state index contributed by atoms with van der Waals surface area (Å²) in [6.07, 6.45) is 5.21. The third-order valence-corrected chi connectivity index (χ3v) is 4.31. The highest BCUT2D eigenvalue weighted by Crippen LogP contribution is 2.30. The highest BCUT2D eigenvalue weighted by Gasteiger charge is 2.20. The first-order chi connectivity index (χ1) is 9.63. The molecule has 1 nitrogen and oxygen atoms in total. The summed E-state index contributed by atoms with van der Waals surface area (Å²) in [6.45, 7) is 12.4. The molecule has 0 radical (unpaired) electrons. The van der Waals surface area contributed by atoms with Gasteiger partial charge in [0.05, 0.1) is 0 Å². The van der Waals surface area contributed by atoms with Gasteiger partial charge in [0, 0.05) is 6.04 Å². The van der Waals surface area contributed by atoms with E-state index < -0.39 is 0 Å². The monoisotopic (exact) mass is 275 g/mol. The summed E-state index contributed by atoms with van der Waals surface area (Å²) < 4.78 is 0. The quantitative estimate of drug-likeness (QED) is 0.611. The number of hydrogen-bond donors (Lipinski definition) is 1. The Hall–Kier alpha value is -0.820. The Morgan fingerprint density at radius 1 is 0.950 bits per heavy atom. The van der Waals surface area contributed by atoms with E-state index in [9.17, 15) is 0 Å². The molecule has 0 aliphatic carbocycles. The first-order valence-corrected chi connectivity index (χ1v) is 8.47. The molecule has 0 spiro atoms. The fourth-order valence-corrected chi connectivity index (χ4v) is 2.94. The van der Waals surface area contributed by atoms with Gasteiger partial charge < -0.3 is 5.32 Å². The lowest BCUT2D eigenvalue weighted by molar-refractivity contribution is 0.328. The molecule has 2 unspecified atom stereocenters. The fraction of sp³-hybridized carbons (Fsp3) is 0.684. The molecule has 2 atom stereocenters. The molecule has 114 valence electrons. The van der Waals surface area contributed by atoms with Crippen molar-refractivity contribution in [1.29, 1.82) is 0 Å². The largest absolute Gasteiger partial charge is 0.310 e. The summed E-state index contributed by atoms with van der Waals surface area (Å²) in [7, 11) is 0. The van der Waals surface area contributed by atoms with Crippen LogP contribution >= 0.6 is 0 Å². The fourth-order valence-electron chi connectivity index (χ4n) is 2.94. The number of rotatable bonds is 9. The van der Waals surface area contributed by atoms with Crippen molar-refractivity contribution in [3.05, 3.63) is 35.4 Å². The molecule has 1 heteroatoms. The van der Waals surface area contributed by atoms with Gasteiger partial charge in [-0.1, -0.05) is 78.1 Å². The van der Waals surface area contributed by atoms with E-state index in [0.717, 1.165) is 12.5 Å². The van der Waals surface area contributed by atoms with Crippen LogP contribution in [0.1, 0.15) is 83.4 Å². The highest BCUT2D eigenvalue weighted by molar-refractivity contribution is 5.27. The zero-order valence-corrected chi connectivity index (χ0v) is 14.1. The van der Waals surface area contributed by atoms with Crippen molar-refractivity contribution in [3.63, 3.8) is 0 Å². The SMILES string of the molecule is CCCCC(CC)C(NCC)c1ccc(C(C)C)cc1. The molecule has 1 rings (SSSR count). The lowest BCUT2D eigenvalue weighted by atomic mass is 9.86. The second-order valence-corrected chi connectivity index (χ2v) is 6.17. The van der Waals surface area contributed by atoms with Gasteiger partial charge in [-0.3, -0.25) is 0 Å². The van der Waals surface area contributed by atoms with Crippen molar-refractivity contribution in [3.8, 4) is 0 Å². The van der Waals surface area contributed by atoms with Gasteiger partial charge in [0.25, 0.3) is 0 Å². The van der Waals surface area contributed by atoms with Crippen LogP contribution in [0.2, 0.25) is 0 Å². The highest BCUT2D eigenvalue weighted by atomic mass is 14.9. The molecule has 0 aliphatic rings. The summed E-state index contributed by atoms with van der Waals surface area (Å²) in [4.78, 5) is 0. The Kier molecular flexibility index (Phi) is 7.91. The first-order valence-electron chi connectivity index (χ1n) is 8.47. The van der Waals surface area contributed by atoms with E-state index in [-0.39, 0.29) is 0 Å². The molecule has 0 bridgehead atoms. The lowest BCUT2D eigenvalue weighted by Crippen LogP contribution is -2.28. The molecule has 0 aliphatic heterocycles. The Morgan fingerprint density at radius 2 is 1.55 bits per heavy atom. The van der Waals surface area contributed by atoms with Crippen LogP contribution < -0.4 is 5.32 Å². The normalized spacial score (nSPS) is 14.5. The van der Waals surface area contributed by atoms with Gasteiger partial charge in [0.1, 0.15) is 0 Å². The van der Waals surface area contributed by atoms with Gasteiger partial charge in [-0.25, -0.2) is 0 Å². The molecular weight excluding hydrogens is 242 g/mol. The van der Waals surface area contributed by atoms with E-state index in [0.29, 0.717) is 12.0 Å². The molecule has 0 heterocycles. The van der Waals surface area contributed by atoms with Crippen LogP contribution in [0.5, 0.6) is 0 Å².